The molecular formula is C21H27F2N5O2. The van der Waals surface area contributed by atoms with E-state index < -0.39 is 11.6 Å². The molecule has 162 valence electrons. The zero-order chi connectivity index (χ0) is 21.3. The fourth-order valence-corrected chi connectivity index (χ4v) is 4.07. The number of anilines is 1. The summed E-state index contributed by atoms with van der Waals surface area (Å²) in [5, 5.41) is 10.3. The number of rotatable bonds is 7. The topological polar surface area (TPSA) is 71.4 Å². The summed E-state index contributed by atoms with van der Waals surface area (Å²) < 4.78 is 34.4. The molecule has 2 atom stereocenters. The first kappa shape index (κ1) is 20.7. The van der Waals surface area contributed by atoms with Crippen molar-refractivity contribution in [3.8, 4) is 0 Å². The lowest BCUT2D eigenvalue weighted by Crippen LogP contribution is -2.42. The average molecular weight is 419 g/mol. The molecule has 2 amide bonds. The van der Waals surface area contributed by atoms with Crippen molar-refractivity contribution in [1.82, 2.24) is 20.0 Å². The van der Waals surface area contributed by atoms with E-state index in [0.29, 0.717) is 43.5 Å². The van der Waals surface area contributed by atoms with Gasteiger partial charge in [-0.25, -0.2) is 13.6 Å². The fourth-order valence-electron chi connectivity index (χ4n) is 4.07. The lowest BCUT2D eigenvalue weighted by Gasteiger charge is -2.20. The highest BCUT2D eigenvalue weighted by Crippen LogP contribution is 2.40. The third-order valence-electron chi connectivity index (χ3n) is 5.77. The van der Waals surface area contributed by atoms with E-state index in [0.717, 1.165) is 24.6 Å². The minimum Gasteiger partial charge on any atom is -0.383 e. The van der Waals surface area contributed by atoms with Crippen molar-refractivity contribution in [1.29, 1.82) is 0 Å². The zero-order valence-electron chi connectivity index (χ0n) is 17.2. The summed E-state index contributed by atoms with van der Waals surface area (Å²) >= 11 is 0. The van der Waals surface area contributed by atoms with Crippen molar-refractivity contribution < 1.29 is 18.3 Å². The average Bonchev–Trinajstić information content (AvgIpc) is 3.37. The lowest BCUT2D eigenvalue weighted by atomic mass is 9.94. The summed E-state index contributed by atoms with van der Waals surface area (Å²) in [5.74, 6) is -0.355. The molecule has 4 rings (SSSR count). The molecule has 2 aliphatic rings. The highest BCUT2D eigenvalue weighted by molar-refractivity contribution is 5.88. The summed E-state index contributed by atoms with van der Waals surface area (Å²) in [6.07, 6.45) is 2.27. The predicted octanol–water partition coefficient (Wildman–Crippen LogP) is 2.81. The smallest absolute Gasteiger partial charge is 0.320 e. The minimum atomic E-state index is -0.619. The second-order valence-electron chi connectivity index (χ2n) is 8.12. The van der Waals surface area contributed by atoms with E-state index in [9.17, 15) is 13.6 Å². The van der Waals surface area contributed by atoms with Gasteiger partial charge in [-0.15, -0.1) is 0 Å². The number of ether oxygens (including phenoxy) is 1. The Balaban J connectivity index is 1.46. The molecular weight excluding hydrogens is 392 g/mol. The first-order chi connectivity index (χ1) is 14.4. The molecule has 0 unspecified atom stereocenters. The maximum absolute atomic E-state index is 13.8. The van der Waals surface area contributed by atoms with Crippen LogP contribution in [0.1, 0.15) is 35.9 Å². The van der Waals surface area contributed by atoms with Gasteiger partial charge in [-0.2, -0.15) is 5.10 Å². The van der Waals surface area contributed by atoms with Gasteiger partial charge in [-0.1, -0.05) is 0 Å². The van der Waals surface area contributed by atoms with Gasteiger partial charge in [-0.3, -0.25) is 14.9 Å². The Kier molecular flexibility index (Phi) is 6.01. The maximum Gasteiger partial charge on any atom is 0.320 e. The molecule has 1 aromatic heterocycles. The Bertz CT molecular complexity index is 895. The van der Waals surface area contributed by atoms with Crippen LogP contribution in [0.3, 0.4) is 0 Å². The molecule has 1 saturated heterocycles. The van der Waals surface area contributed by atoms with E-state index in [1.165, 1.54) is 12.1 Å². The van der Waals surface area contributed by atoms with Crippen LogP contribution in [0.5, 0.6) is 0 Å². The lowest BCUT2D eigenvalue weighted by molar-refractivity contribution is 0.159. The van der Waals surface area contributed by atoms with Gasteiger partial charge in [0.25, 0.3) is 0 Å². The standard InChI is InChI=1S/C21H27F2N5O2/c1-27-20(10-18(26-27)13-3-4-13)25-21(29)24-19-12-28(5-6-30-2)11-17(19)14-7-15(22)9-16(23)8-14/h7-10,13,17,19H,3-6,11-12H2,1-2H3,(H2,24,25,29)/t17-,19+/m0/s1. The number of urea groups is 1. The second-order valence-corrected chi connectivity index (χ2v) is 8.12. The molecule has 9 heteroatoms. The molecule has 1 saturated carbocycles. The highest BCUT2D eigenvalue weighted by Gasteiger charge is 2.35. The summed E-state index contributed by atoms with van der Waals surface area (Å²) in [6.45, 7) is 2.37. The Morgan fingerprint density at radius 1 is 1.20 bits per heavy atom. The molecule has 1 aromatic carbocycles. The van der Waals surface area contributed by atoms with Crippen LogP contribution in [0.15, 0.2) is 24.3 Å². The number of hydrogen-bond acceptors (Lipinski definition) is 4. The quantitative estimate of drug-likeness (QED) is 0.724. The van der Waals surface area contributed by atoms with Crippen LogP contribution in [-0.2, 0) is 11.8 Å². The summed E-state index contributed by atoms with van der Waals surface area (Å²) in [6, 6.07) is 4.78. The molecule has 0 radical (unpaired) electrons. The molecule has 1 aliphatic heterocycles. The monoisotopic (exact) mass is 419 g/mol. The van der Waals surface area contributed by atoms with Gasteiger partial charge in [0.05, 0.1) is 18.3 Å². The van der Waals surface area contributed by atoms with Gasteiger partial charge in [0.1, 0.15) is 17.5 Å². The molecule has 0 bridgehead atoms. The predicted molar refractivity (Wildman–Crippen MR) is 109 cm³/mol. The second kappa shape index (κ2) is 8.69. The fraction of sp³-hybridized carbons (Fsp3) is 0.524. The van der Waals surface area contributed by atoms with Crippen LogP contribution in [0.4, 0.5) is 19.4 Å². The number of nitrogens with one attached hydrogen (secondary N) is 2. The third kappa shape index (κ3) is 4.79. The summed E-state index contributed by atoms with van der Waals surface area (Å²) in [5.41, 5.74) is 1.53. The van der Waals surface area contributed by atoms with Gasteiger partial charge in [-0.05, 0) is 30.5 Å². The zero-order valence-corrected chi connectivity index (χ0v) is 17.2. The van der Waals surface area contributed by atoms with E-state index in [1.807, 2.05) is 6.07 Å². The van der Waals surface area contributed by atoms with Gasteiger partial charge >= 0.3 is 6.03 Å². The Hall–Kier alpha value is -2.52. The number of aromatic nitrogens is 2. The Morgan fingerprint density at radius 3 is 2.60 bits per heavy atom. The number of nitrogens with zero attached hydrogens (tertiary/aromatic N) is 3. The molecule has 2 fully saturated rings. The van der Waals surface area contributed by atoms with Crippen molar-refractivity contribution in [3.05, 3.63) is 47.2 Å². The van der Waals surface area contributed by atoms with E-state index >= 15 is 0 Å². The van der Waals surface area contributed by atoms with Crippen LogP contribution < -0.4 is 10.6 Å². The SMILES string of the molecule is COCCN1C[C@@H](NC(=O)Nc2cc(C3CC3)nn2C)[C@H](c2cc(F)cc(F)c2)C1. The molecule has 7 nitrogen and oxygen atoms in total. The molecule has 2 heterocycles. The number of carbonyl (C=O) groups is 1. The maximum atomic E-state index is 13.8. The number of aryl methyl sites for hydroxylation is 1. The normalized spacial score (nSPS) is 21.7. The minimum absolute atomic E-state index is 0.230. The van der Waals surface area contributed by atoms with Crippen molar-refractivity contribution in [2.24, 2.45) is 7.05 Å². The van der Waals surface area contributed by atoms with E-state index in [-0.39, 0.29) is 18.0 Å². The molecule has 0 spiro atoms. The van der Waals surface area contributed by atoms with Gasteiger partial charge in [0.2, 0.25) is 0 Å². The first-order valence-electron chi connectivity index (χ1n) is 10.2. The van der Waals surface area contributed by atoms with Gasteiger partial charge in [0, 0.05) is 57.8 Å². The van der Waals surface area contributed by atoms with Crippen LogP contribution in [0.25, 0.3) is 0 Å². The van der Waals surface area contributed by atoms with E-state index in [4.69, 9.17) is 4.74 Å². The molecule has 30 heavy (non-hydrogen) atoms. The largest absolute Gasteiger partial charge is 0.383 e. The van der Waals surface area contributed by atoms with Crippen LogP contribution in [0, 0.1) is 11.6 Å². The number of likely N-dealkylation sites (tertiary alicyclic amines) is 1. The molecule has 2 N–H and O–H groups in total. The van der Waals surface area contributed by atoms with Crippen LogP contribution in [0.2, 0.25) is 0 Å². The van der Waals surface area contributed by atoms with E-state index in [1.54, 1.807) is 18.8 Å². The van der Waals surface area contributed by atoms with Crippen LogP contribution >= 0.6 is 0 Å². The van der Waals surface area contributed by atoms with Crippen LogP contribution in [-0.4, -0.2) is 60.1 Å². The summed E-state index contributed by atoms with van der Waals surface area (Å²) in [7, 11) is 3.42. The van der Waals surface area contributed by atoms with Crippen molar-refractivity contribution in [2.45, 2.75) is 30.7 Å². The number of amides is 2. The number of benzene rings is 1. The number of halogens is 2. The van der Waals surface area contributed by atoms with Gasteiger partial charge < -0.3 is 10.1 Å². The van der Waals surface area contributed by atoms with Crippen molar-refractivity contribution >= 4 is 11.8 Å². The third-order valence-corrected chi connectivity index (χ3v) is 5.77. The van der Waals surface area contributed by atoms with E-state index in [2.05, 4.69) is 20.6 Å². The number of hydrogen-bond donors (Lipinski definition) is 2. The highest BCUT2D eigenvalue weighted by atomic mass is 19.1. The molecule has 1 aliphatic carbocycles. The molecule has 2 aromatic rings. The number of carbonyl (C=O) groups excluding carboxylic acids is 1. The summed E-state index contributed by atoms with van der Waals surface area (Å²) in [4.78, 5) is 14.8. The van der Waals surface area contributed by atoms with Crippen molar-refractivity contribution in [3.63, 3.8) is 0 Å². The first-order valence-corrected chi connectivity index (χ1v) is 10.2. The van der Waals surface area contributed by atoms with Crippen molar-refractivity contribution in [2.75, 3.05) is 38.7 Å². The Morgan fingerprint density at radius 2 is 1.93 bits per heavy atom. The van der Waals surface area contributed by atoms with Gasteiger partial charge in [0.15, 0.2) is 0 Å². The Labute approximate surface area is 174 Å². The number of methoxy groups -OCH3 is 1.